The molecule has 96 valence electrons. The van der Waals surface area contributed by atoms with E-state index >= 15 is 0 Å². The van der Waals surface area contributed by atoms with E-state index in [4.69, 9.17) is 10.5 Å². The molecule has 0 fully saturated rings. The van der Waals surface area contributed by atoms with Crippen molar-refractivity contribution in [1.29, 1.82) is 0 Å². The van der Waals surface area contributed by atoms with Crippen molar-refractivity contribution in [3.05, 3.63) is 0 Å². The number of nitrogens with one attached hydrogen (secondary N) is 1. The van der Waals surface area contributed by atoms with Crippen molar-refractivity contribution in [2.24, 2.45) is 11.1 Å². The fraction of sp³-hybridized carbons (Fsp3) is 0.917. The van der Waals surface area contributed by atoms with E-state index < -0.39 is 0 Å². The Kier molecular flexibility index (Phi) is 7.34. The Bertz CT molecular complexity index is 205. The zero-order valence-corrected chi connectivity index (χ0v) is 11.0. The third-order valence-electron chi connectivity index (χ3n) is 2.77. The van der Waals surface area contributed by atoms with Gasteiger partial charge in [0.1, 0.15) is 0 Å². The lowest BCUT2D eigenvalue weighted by Gasteiger charge is -2.24. The van der Waals surface area contributed by atoms with Crippen molar-refractivity contribution < 1.29 is 9.53 Å². The van der Waals surface area contributed by atoms with Crippen molar-refractivity contribution in [1.82, 2.24) is 5.32 Å². The van der Waals surface area contributed by atoms with E-state index in [9.17, 15) is 4.79 Å². The lowest BCUT2D eigenvalue weighted by Crippen LogP contribution is -2.35. The van der Waals surface area contributed by atoms with Gasteiger partial charge in [-0.1, -0.05) is 13.8 Å². The summed E-state index contributed by atoms with van der Waals surface area (Å²) in [4.78, 5) is 11.5. The van der Waals surface area contributed by atoms with Crippen LogP contribution in [0.4, 0.5) is 0 Å². The molecule has 0 aliphatic rings. The van der Waals surface area contributed by atoms with Gasteiger partial charge in [-0.3, -0.25) is 4.79 Å². The molecule has 0 aliphatic heterocycles. The second-order valence-electron chi connectivity index (χ2n) is 5.06. The first-order valence-corrected chi connectivity index (χ1v) is 5.91. The summed E-state index contributed by atoms with van der Waals surface area (Å²) >= 11 is 0. The number of ether oxygens (including phenoxy) is 1. The average molecular weight is 230 g/mol. The average Bonchev–Trinajstić information content (AvgIpc) is 2.23. The monoisotopic (exact) mass is 230 g/mol. The van der Waals surface area contributed by atoms with Crippen LogP contribution in [-0.4, -0.2) is 32.2 Å². The summed E-state index contributed by atoms with van der Waals surface area (Å²) in [6.45, 7) is 7.52. The molecule has 1 amide bonds. The van der Waals surface area contributed by atoms with Gasteiger partial charge in [-0.05, 0) is 31.7 Å². The van der Waals surface area contributed by atoms with E-state index in [1.807, 2.05) is 6.92 Å². The van der Waals surface area contributed by atoms with Crippen LogP contribution < -0.4 is 11.1 Å². The predicted octanol–water partition coefficient (Wildman–Crippen LogP) is 1.29. The third-order valence-corrected chi connectivity index (χ3v) is 2.77. The summed E-state index contributed by atoms with van der Waals surface area (Å²) in [7, 11) is 1.66. The fourth-order valence-corrected chi connectivity index (χ4v) is 1.36. The molecule has 0 bridgehead atoms. The molecule has 0 heterocycles. The summed E-state index contributed by atoms with van der Waals surface area (Å²) in [5.41, 5.74) is 5.59. The molecule has 1 atom stereocenters. The van der Waals surface area contributed by atoms with Crippen molar-refractivity contribution in [3.8, 4) is 0 Å². The number of amides is 1. The maximum atomic E-state index is 11.5. The van der Waals surface area contributed by atoms with Gasteiger partial charge in [0.25, 0.3) is 0 Å². The Hall–Kier alpha value is -0.610. The molecule has 4 heteroatoms. The molecule has 0 saturated heterocycles. The van der Waals surface area contributed by atoms with Crippen LogP contribution in [0.25, 0.3) is 0 Å². The largest absolute Gasteiger partial charge is 0.382 e. The van der Waals surface area contributed by atoms with Crippen molar-refractivity contribution in [2.45, 2.75) is 46.1 Å². The van der Waals surface area contributed by atoms with Crippen LogP contribution in [0.1, 0.15) is 40.0 Å². The standard InChI is InChI=1S/C12H26N2O2/c1-10(16-4)5-6-11(15)14-9-12(2,3)7-8-13/h10H,5-9,13H2,1-4H3,(H,14,15). The van der Waals surface area contributed by atoms with E-state index in [1.165, 1.54) is 0 Å². The number of hydrogen-bond donors (Lipinski definition) is 2. The second kappa shape index (κ2) is 7.63. The summed E-state index contributed by atoms with van der Waals surface area (Å²) in [5.74, 6) is 0.0917. The van der Waals surface area contributed by atoms with Crippen LogP contribution >= 0.6 is 0 Å². The summed E-state index contributed by atoms with van der Waals surface area (Å²) in [5, 5.41) is 2.94. The zero-order valence-electron chi connectivity index (χ0n) is 11.0. The quantitative estimate of drug-likeness (QED) is 0.660. The van der Waals surface area contributed by atoms with Gasteiger partial charge in [0.05, 0.1) is 6.10 Å². The fourth-order valence-electron chi connectivity index (χ4n) is 1.36. The summed E-state index contributed by atoms with van der Waals surface area (Å²) in [6.07, 6.45) is 2.34. The molecule has 0 spiro atoms. The molecular formula is C12H26N2O2. The second-order valence-corrected chi connectivity index (χ2v) is 5.06. The first kappa shape index (κ1) is 15.4. The van der Waals surface area contributed by atoms with Crippen molar-refractivity contribution in [2.75, 3.05) is 20.2 Å². The molecular weight excluding hydrogens is 204 g/mol. The third kappa shape index (κ3) is 7.65. The maximum Gasteiger partial charge on any atom is 0.220 e. The number of hydrogen-bond acceptors (Lipinski definition) is 3. The summed E-state index contributed by atoms with van der Waals surface area (Å²) < 4.78 is 5.09. The van der Waals surface area contributed by atoms with E-state index in [0.29, 0.717) is 19.5 Å². The van der Waals surface area contributed by atoms with Gasteiger partial charge < -0.3 is 15.8 Å². The Labute approximate surface area is 98.9 Å². The lowest BCUT2D eigenvalue weighted by atomic mass is 9.89. The van der Waals surface area contributed by atoms with Gasteiger partial charge in [-0.15, -0.1) is 0 Å². The van der Waals surface area contributed by atoms with Crippen LogP contribution in [0, 0.1) is 5.41 Å². The van der Waals surface area contributed by atoms with E-state index in [0.717, 1.165) is 12.8 Å². The molecule has 0 saturated carbocycles. The topological polar surface area (TPSA) is 64.3 Å². The van der Waals surface area contributed by atoms with Crippen LogP contribution in [0.2, 0.25) is 0 Å². The van der Waals surface area contributed by atoms with E-state index in [1.54, 1.807) is 7.11 Å². The molecule has 0 aliphatic carbocycles. The van der Waals surface area contributed by atoms with Crippen LogP contribution in [0.15, 0.2) is 0 Å². The number of nitrogens with two attached hydrogens (primary N) is 1. The van der Waals surface area contributed by atoms with E-state index in [-0.39, 0.29) is 17.4 Å². The van der Waals surface area contributed by atoms with E-state index in [2.05, 4.69) is 19.2 Å². The van der Waals surface area contributed by atoms with Gasteiger partial charge in [0.15, 0.2) is 0 Å². The van der Waals surface area contributed by atoms with Crippen LogP contribution in [0.3, 0.4) is 0 Å². The maximum absolute atomic E-state index is 11.5. The zero-order chi connectivity index (χ0) is 12.6. The number of rotatable bonds is 8. The number of carbonyl (C=O) groups excluding carboxylic acids is 1. The van der Waals surface area contributed by atoms with Gasteiger partial charge >= 0.3 is 0 Å². The first-order chi connectivity index (χ1) is 7.41. The molecule has 4 nitrogen and oxygen atoms in total. The van der Waals surface area contributed by atoms with Gasteiger partial charge in [-0.2, -0.15) is 0 Å². The van der Waals surface area contributed by atoms with Gasteiger partial charge in [-0.25, -0.2) is 0 Å². The Balaban J connectivity index is 3.72. The molecule has 1 unspecified atom stereocenters. The lowest BCUT2D eigenvalue weighted by molar-refractivity contribution is -0.122. The molecule has 0 aromatic rings. The highest BCUT2D eigenvalue weighted by atomic mass is 16.5. The minimum absolute atomic E-state index is 0.0806. The molecule has 0 radical (unpaired) electrons. The smallest absolute Gasteiger partial charge is 0.220 e. The van der Waals surface area contributed by atoms with Crippen molar-refractivity contribution >= 4 is 5.91 Å². The normalized spacial score (nSPS) is 13.6. The van der Waals surface area contributed by atoms with Gasteiger partial charge in [0.2, 0.25) is 5.91 Å². The highest BCUT2D eigenvalue weighted by Crippen LogP contribution is 2.17. The Morgan fingerprint density at radius 2 is 2.12 bits per heavy atom. The highest BCUT2D eigenvalue weighted by molar-refractivity contribution is 5.75. The molecule has 16 heavy (non-hydrogen) atoms. The van der Waals surface area contributed by atoms with Gasteiger partial charge in [0, 0.05) is 20.1 Å². The molecule has 0 aromatic heterocycles. The number of methoxy groups -OCH3 is 1. The first-order valence-electron chi connectivity index (χ1n) is 5.91. The Morgan fingerprint density at radius 3 is 2.62 bits per heavy atom. The van der Waals surface area contributed by atoms with Crippen molar-refractivity contribution in [3.63, 3.8) is 0 Å². The Morgan fingerprint density at radius 1 is 1.50 bits per heavy atom. The predicted molar refractivity (Wildman–Crippen MR) is 66.2 cm³/mol. The SMILES string of the molecule is COC(C)CCC(=O)NCC(C)(C)CCN. The van der Waals surface area contributed by atoms with Crippen LogP contribution in [0.5, 0.6) is 0 Å². The minimum atomic E-state index is 0.0806. The summed E-state index contributed by atoms with van der Waals surface area (Å²) in [6, 6.07) is 0. The van der Waals surface area contributed by atoms with Crippen LogP contribution in [-0.2, 0) is 9.53 Å². The molecule has 0 aromatic carbocycles. The number of carbonyl (C=O) groups is 1. The minimum Gasteiger partial charge on any atom is -0.382 e. The molecule has 3 N–H and O–H groups in total. The highest BCUT2D eigenvalue weighted by Gasteiger charge is 2.17. The molecule has 0 rings (SSSR count).